The molecule has 0 unspecified atom stereocenters. The molecule has 0 aromatic heterocycles. The van der Waals surface area contributed by atoms with Crippen molar-refractivity contribution in [3.8, 4) is 11.5 Å². The van der Waals surface area contributed by atoms with Gasteiger partial charge in [-0.05, 0) is 42.3 Å². The molecule has 0 heterocycles. The van der Waals surface area contributed by atoms with Gasteiger partial charge in [0.15, 0.2) is 0 Å². The number of halogens is 1. The average Bonchev–Trinajstić information content (AvgIpc) is 2.93. The Morgan fingerprint density at radius 3 is 2.25 bits per heavy atom. The van der Waals surface area contributed by atoms with Gasteiger partial charge in [0.2, 0.25) is 21.8 Å². The molecular formula is C29H34BrN3O6S. The first-order valence-electron chi connectivity index (χ1n) is 12.6. The maximum atomic E-state index is 14.1. The zero-order valence-corrected chi connectivity index (χ0v) is 25.4. The van der Waals surface area contributed by atoms with Crippen molar-refractivity contribution in [1.82, 2.24) is 10.2 Å². The Bertz CT molecular complexity index is 1420. The second-order valence-corrected chi connectivity index (χ2v) is 11.9. The number of benzene rings is 3. The molecule has 0 saturated carbocycles. The summed E-state index contributed by atoms with van der Waals surface area (Å²) >= 11 is 3.46. The molecule has 0 saturated heterocycles. The lowest BCUT2D eigenvalue weighted by atomic mass is 10.0. The van der Waals surface area contributed by atoms with E-state index in [-0.39, 0.29) is 30.3 Å². The van der Waals surface area contributed by atoms with Gasteiger partial charge in [0.1, 0.15) is 24.1 Å². The maximum Gasteiger partial charge on any atom is 0.244 e. The molecule has 9 nitrogen and oxygen atoms in total. The third-order valence-corrected chi connectivity index (χ3v) is 7.82. The molecule has 0 aliphatic heterocycles. The van der Waals surface area contributed by atoms with E-state index in [1.165, 1.54) is 25.2 Å². The minimum Gasteiger partial charge on any atom is -0.497 e. The van der Waals surface area contributed by atoms with Crippen molar-refractivity contribution in [2.75, 3.05) is 37.9 Å². The summed E-state index contributed by atoms with van der Waals surface area (Å²) in [4.78, 5) is 28.9. The Labute approximate surface area is 244 Å². The van der Waals surface area contributed by atoms with Crippen LogP contribution in [0.5, 0.6) is 11.5 Å². The van der Waals surface area contributed by atoms with Crippen LogP contribution in [0.15, 0.2) is 77.3 Å². The van der Waals surface area contributed by atoms with E-state index in [1.807, 2.05) is 54.6 Å². The number of carbonyl (C=O) groups is 2. The molecule has 0 bridgehead atoms. The Morgan fingerprint density at radius 1 is 0.950 bits per heavy atom. The lowest BCUT2D eigenvalue weighted by molar-refractivity contribution is -0.140. The van der Waals surface area contributed by atoms with Crippen LogP contribution in [0.3, 0.4) is 0 Å². The van der Waals surface area contributed by atoms with E-state index in [0.29, 0.717) is 12.3 Å². The zero-order valence-electron chi connectivity index (χ0n) is 23.0. The lowest BCUT2D eigenvalue weighted by Crippen LogP contribution is -2.53. The molecule has 214 valence electrons. The first-order chi connectivity index (χ1) is 19.1. The van der Waals surface area contributed by atoms with Crippen molar-refractivity contribution in [1.29, 1.82) is 0 Å². The van der Waals surface area contributed by atoms with E-state index in [1.54, 1.807) is 19.1 Å². The molecule has 3 aromatic rings. The summed E-state index contributed by atoms with van der Waals surface area (Å²) < 4.78 is 38.5. The van der Waals surface area contributed by atoms with Crippen LogP contribution >= 0.6 is 15.9 Å². The number of hydrogen-bond acceptors (Lipinski definition) is 6. The van der Waals surface area contributed by atoms with Gasteiger partial charge < -0.3 is 19.7 Å². The number of ether oxygens (including phenoxy) is 2. The van der Waals surface area contributed by atoms with Crippen LogP contribution in [0.4, 0.5) is 5.69 Å². The second-order valence-electron chi connectivity index (χ2n) is 9.06. The molecule has 0 fully saturated rings. The van der Waals surface area contributed by atoms with E-state index in [9.17, 15) is 18.0 Å². The predicted molar refractivity (Wildman–Crippen MR) is 159 cm³/mol. The van der Waals surface area contributed by atoms with Crippen molar-refractivity contribution >= 4 is 43.5 Å². The molecular weight excluding hydrogens is 598 g/mol. The second kappa shape index (κ2) is 14.2. The quantitative estimate of drug-likeness (QED) is 0.306. The molecule has 3 aromatic carbocycles. The molecule has 1 atom stereocenters. The van der Waals surface area contributed by atoms with E-state index in [2.05, 4.69) is 21.2 Å². The highest BCUT2D eigenvalue weighted by Crippen LogP contribution is 2.34. The number of amides is 2. The normalized spacial score (nSPS) is 11.8. The minimum atomic E-state index is -3.94. The molecule has 3 rings (SSSR count). The van der Waals surface area contributed by atoms with Crippen LogP contribution in [-0.4, -0.2) is 64.7 Å². The van der Waals surface area contributed by atoms with Gasteiger partial charge in [-0.15, -0.1) is 0 Å². The third kappa shape index (κ3) is 8.22. The molecule has 0 spiro atoms. The molecule has 1 N–H and O–H groups in total. The summed E-state index contributed by atoms with van der Waals surface area (Å²) in [7, 11) is -1.04. The number of sulfonamides is 1. The van der Waals surface area contributed by atoms with Crippen LogP contribution < -0.4 is 19.1 Å². The number of nitrogens with one attached hydrogen (secondary N) is 1. The standard InChI is InChI=1S/C29H34BrN3O6S/c1-5-31-29(35)26(17-21-10-7-6-8-11-21)32(19-22-12-9-13-23(30)16-22)28(34)20-33(40(4,36)37)25-15-14-24(38-2)18-27(25)39-3/h6-16,18,26H,5,17,19-20H2,1-4H3,(H,31,35)/t26-/m0/s1. The Kier molecular flexibility index (Phi) is 11.0. The van der Waals surface area contributed by atoms with Gasteiger partial charge in [-0.3, -0.25) is 13.9 Å². The van der Waals surface area contributed by atoms with Crippen LogP contribution in [0.2, 0.25) is 0 Å². The number of hydrogen-bond donors (Lipinski definition) is 1. The van der Waals surface area contributed by atoms with Crippen LogP contribution in [0.25, 0.3) is 0 Å². The predicted octanol–water partition coefficient (Wildman–Crippen LogP) is 4.01. The molecule has 0 aliphatic rings. The van der Waals surface area contributed by atoms with Gasteiger partial charge in [-0.2, -0.15) is 0 Å². The first kappa shape index (κ1) is 31.0. The third-order valence-electron chi connectivity index (χ3n) is 6.20. The zero-order chi connectivity index (χ0) is 29.3. The minimum absolute atomic E-state index is 0.0876. The van der Waals surface area contributed by atoms with Crippen LogP contribution in [0, 0.1) is 0 Å². The van der Waals surface area contributed by atoms with Gasteiger partial charge in [-0.1, -0.05) is 58.4 Å². The topological polar surface area (TPSA) is 105 Å². The van der Waals surface area contributed by atoms with Crippen molar-refractivity contribution in [3.63, 3.8) is 0 Å². The fourth-order valence-electron chi connectivity index (χ4n) is 4.26. The van der Waals surface area contributed by atoms with Crippen molar-refractivity contribution in [2.45, 2.75) is 25.9 Å². The van der Waals surface area contributed by atoms with Gasteiger partial charge in [-0.25, -0.2) is 8.42 Å². The van der Waals surface area contributed by atoms with Gasteiger partial charge >= 0.3 is 0 Å². The Balaban J connectivity index is 2.08. The summed E-state index contributed by atoms with van der Waals surface area (Å²) in [5, 5.41) is 2.84. The van der Waals surface area contributed by atoms with E-state index >= 15 is 0 Å². The summed E-state index contributed by atoms with van der Waals surface area (Å²) in [5.74, 6) is -0.186. The largest absolute Gasteiger partial charge is 0.497 e. The van der Waals surface area contributed by atoms with Crippen LogP contribution in [-0.2, 0) is 32.6 Å². The van der Waals surface area contributed by atoms with Crippen molar-refractivity contribution in [3.05, 3.63) is 88.4 Å². The number of carbonyl (C=O) groups excluding carboxylic acids is 2. The fourth-order valence-corrected chi connectivity index (χ4v) is 5.56. The Hall–Kier alpha value is -3.57. The highest BCUT2D eigenvalue weighted by Gasteiger charge is 2.33. The smallest absolute Gasteiger partial charge is 0.244 e. The average molecular weight is 633 g/mol. The molecule has 2 amide bonds. The van der Waals surface area contributed by atoms with Crippen molar-refractivity contribution < 1.29 is 27.5 Å². The van der Waals surface area contributed by atoms with E-state index in [4.69, 9.17) is 9.47 Å². The molecule has 11 heteroatoms. The SMILES string of the molecule is CCNC(=O)[C@H](Cc1ccccc1)N(Cc1cccc(Br)c1)C(=O)CN(c1ccc(OC)cc1OC)S(C)(=O)=O. The van der Waals surface area contributed by atoms with Crippen LogP contribution in [0.1, 0.15) is 18.1 Å². The number of methoxy groups -OCH3 is 2. The first-order valence-corrected chi connectivity index (χ1v) is 15.3. The maximum absolute atomic E-state index is 14.1. The summed E-state index contributed by atoms with van der Waals surface area (Å²) in [5.41, 5.74) is 1.82. The number of rotatable bonds is 13. The number of likely N-dealkylation sites (N-methyl/N-ethyl adjacent to an activating group) is 1. The van der Waals surface area contributed by atoms with E-state index in [0.717, 1.165) is 26.2 Å². The van der Waals surface area contributed by atoms with Gasteiger partial charge in [0.25, 0.3) is 0 Å². The molecule has 0 radical (unpaired) electrons. The molecule has 0 aliphatic carbocycles. The van der Waals surface area contributed by atoms with E-state index < -0.39 is 28.5 Å². The highest BCUT2D eigenvalue weighted by molar-refractivity contribution is 9.10. The summed E-state index contributed by atoms with van der Waals surface area (Å²) in [6.45, 7) is 1.73. The van der Waals surface area contributed by atoms with Gasteiger partial charge in [0, 0.05) is 30.0 Å². The monoisotopic (exact) mass is 631 g/mol. The lowest BCUT2D eigenvalue weighted by Gasteiger charge is -2.33. The highest BCUT2D eigenvalue weighted by atomic mass is 79.9. The fraction of sp³-hybridized carbons (Fsp3) is 0.310. The Morgan fingerprint density at radius 2 is 1.65 bits per heavy atom. The number of nitrogens with zero attached hydrogens (tertiary/aromatic N) is 2. The molecule has 40 heavy (non-hydrogen) atoms. The van der Waals surface area contributed by atoms with Gasteiger partial charge in [0.05, 0.1) is 26.2 Å². The summed E-state index contributed by atoms with van der Waals surface area (Å²) in [6.07, 6.45) is 1.27. The van der Waals surface area contributed by atoms with Crippen molar-refractivity contribution in [2.24, 2.45) is 0 Å². The summed E-state index contributed by atoms with van der Waals surface area (Å²) in [6, 6.07) is 20.6. The number of anilines is 1.